The number of nitrogens with zero attached hydrogens (tertiary/aromatic N) is 3. The second-order valence-electron chi connectivity index (χ2n) is 7.61. The fraction of sp³-hybridized carbons (Fsp3) is 0.476. The van der Waals surface area contributed by atoms with Crippen LogP contribution in [0.25, 0.3) is 0 Å². The van der Waals surface area contributed by atoms with E-state index in [1.165, 1.54) is 12.1 Å². The van der Waals surface area contributed by atoms with Gasteiger partial charge in [-0.05, 0) is 38.2 Å². The maximum Gasteiger partial charge on any atom is 0.416 e. The van der Waals surface area contributed by atoms with E-state index in [1.807, 2.05) is 11.9 Å². The summed E-state index contributed by atoms with van der Waals surface area (Å²) in [4.78, 5) is 37.3. The highest BCUT2D eigenvalue weighted by Gasteiger charge is 2.36. The first-order valence-electron chi connectivity index (χ1n) is 10.2. The number of hydrogen-bond acceptors (Lipinski definition) is 5. The molecule has 2 N–H and O–H groups in total. The van der Waals surface area contributed by atoms with Gasteiger partial charge in [-0.15, -0.1) is 0 Å². The van der Waals surface area contributed by atoms with Crippen molar-refractivity contribution in [3.8, 4) is 5.75 Å². The van der Waals surface area contributed by atoms with Gasteiger partial charge in [0.1, 0.15) is 11.9 Å². The highest BCUT2D eigenvalue weighted by Crippen LogP contribution is 2.32. The van der Waals surface area contributed by atoms with E-state index in [1.54, 1.807) is 4.90 Å². The summed E-state index contributed by atoms with van der Waals surface area (Å²) < 4.78 is 43.7. The molecule has 2 aliphatic rings. The summed E-state index contributed by atoms with van der Waals surface area (Å²) in [5, 5.41) is 15.6. The van der Waals surface area contributed by atoms with Crippen LogP contribution in [0.15, 0.2) is 36.4 Å². The van der Waals surface area contributed by atoms with E-state index in [0.29, 0.717) is 31.8 Å². The molecule has 9 nitrogen and oxygen atoms in total. The fourth-order valence-electron chi connectivity index (χ4n) is 3.19. The second-order valence-corrected chi connectivity index (χ2v) is 7.61. The van der Waals surface area contributed by atoms with Crippen molar-refractivity contribution in [1.29, 1.82) is 0 Å². The lowest BCUT2D eigenvalue weighted by Gasteiger charge is -2.41. The number of ether oxygens (including phenoxy) is 1. The predicted molar refractivity (Wildman–Crippen MR) is 111 cm³/mol. The van der Waals surface area contributed by atoms with Gasteiger partial charge >= 0.3 is 24.1 Å². The molecule has 182 valence electrons. The molecule has 2 fully saturated rings. The number of carbonyl (C=O) groups is 3. The summed E-state index contributed by atoms with van der Waals surface area (Å²) in [6, 6.07) is 4.83. The molecule has 2 amide bonds. The lowest BCUT2D eigenvalue weighted by molar-refractivity contribution is -0.137. The van der Waals surface area contributed by atoms with Crippen molar-refractivity contribution < 1.29 is 42.5 Å². The Kier molecular flexibility index (Phi) is 9.09. The number of carboxylic acid groups (broad SMARTS) is 2. The number of halogens is 3. The van der Waals surface area contributed by atoms with Crippen molar-refractivity contribution in [2.45, 2.75) is 18.7 Å². The van der Waals surface area contributed by atoms with Gasteiger partial charge in [-0.1, -0.05) is 6.07 Å². The molecule has 12 heteroatoms. The zero-order chi connectivity index (χ0) is 24.6. The number of benzene rings is 1. The Morgan fingerprint density at radius 3 is 2.21 bits per heavy atom. The summed E-state index contributed by atoms with van der Waals surface area (Å²) >= 11 is 0. The van der Waals surface area contributed by atoms with Gasteiger partial charge in [0.2, 0.25) is 0 Å². The minimum atomic E-state index is -4.39. The SMILES string of the molecule is CN1CCCN(C(=O)N2CC(Oc3cccc(C(F)(F)F)c3)C2)CC1.O=C(O)C=CC(=O)O. The molecule has 0 radical (unpaired) electrons. The third kappa shape index (κ3) is 8.64. The monoisotopic (exact) mass is 473 g/mol. The zero-order valence-corrected chi connectivity index (χ0v) is 18.0. The molecule has 3 rings (SSSR count). The summed E-state index contributed by atoms with van der Waals surface area (Å²) in [6.45, 7) is 4.07. The summed E-state index contributed by atoms with van der Waals surface area (Å²) in [7, 11) is 2.04. The molecule has 0 unspecified atom stereocenters. The maximum atomic E-state index is 12.7. The van der Waals surface area contributed by atoms with Gasteiger partial charge in [0.25, 0.3) is 0 Å². The maximum absolute atomic E-state index is 12.7. The average Bonchev–Trinajstić information content (AvgIpc) is 2.93. The Morgan fingerprint density at radius 2 is 1.64 bits per heavy atom. The molecule has 0 spiro atoms. The molecule has 1 aromatic rings. The summed E-state index contributed by atoms with van der Waals surface area (Å²) in [5.41, 5.74) is -0.731. The van der Waals surface area contributed by atoms with Crippen LogP contribution in [-0.2, 0) is 15.8 Å². The largest absolute Gasteiger partial charge is 0.487 e. The van der Waals surface area contributed by atoms with E-state index in [2.05, 4.69) is 4.90 Å². The van der Waals surface area contributed by atoms with Gasteiger partial charge in [-0.3, -0.25) is 0 Å². The van der Waals surface area contributed by atoms with Gasteiger partial charge < -0.3 is 29.6 Å². The molecule has 0 aromatic heterocycles. The normalized spacial score (nSPS) is 17.6. The van der Waals surface area contributed by atoms with Crippen LogP contribution in [0.2, 0.25) is 0 Å². The number of likely N-dealkylation sites (N-methyl/N-ethyl adjacent to an activating group) is 1. The smallest absolute Gasteiger partial charge is 0.416 e. The fourth-order valence-corrected chi connectivity index (χ4v) is 3.19. The van der Waals surface area contributed by atoms with Crippen LogP contribution >= 0.6 is 0 Å². The van der Waals surface area contributed by atoms with Gasteiger partial charge in [0.15, 0.2) is 0 Å². The van der Waals surface area contributed by atoms with Crippen LogP contribution in [0, 0.1) is 0 Å². The van der Waals surface area contributed by atoms with E-state index in [-0.39, 0.29) is 17.9 Å². The van der Waals surface area contributed by atoms with E-state index in [9.17, 15) is 27.6 Å². The summed E-state index contributed by atoms with van der Waals surface area (Å²) in [6.07, 6.45) is -2.59. The van der Waals surface area contributed by atoms with E-state index in [4.69, 9.17) is 14.9 Å². The highest BCUT2D eigenvalue weighted by atomic mass is 19.4. The van der Waals surface area contributed by atoms with Crippen LogP contribution in [-0.4, -0.2) is 95.3 Å². The van der Waals surface area contributed by atoms with Crippen LogP contribution in [0.3, 0.4) is 0 Å². The lowest BCUT2D eigenvalue weighted by atomic mass is 10.1. The first-order valence-corrected chi connectivity index (χ1v) is 10.2. The Balaban J connectivity index is 0.000000414. The van der Waals surface area contributed by atoms with Crippen molar-refractivity contribution in [1.82, 2.24) is 14.7 Å². The van der Waals surface area contributed by atoms with Crippen molar-refractivity contribution in [2.75, 3.05) is 46.3 Å². The number of urea groups is 1. The minimum absolute atomic E-state index is 0.0146. The van der Waals surface area contributed by atoms with Crippen LogP contribution < -0.4 is 4.74 Å². The Hall–Kier alpha value is -3.28. The number of alkyl halides is 3. The lowest BCUT2D eigenvalue weighted by Crippen LogP contribution is -2.59. The van der Waals surface area contributed by atoms with Gasteiger partial charge in [-0.2, -0.15) is 13.2 Å². The second kappa shape index (κ2) is 11.5. The summed E-state index contributed by atoms with van der Waals surface area (Å²) in [5.74, 6) is -2.33. The molecule has 2 saturated heterocycles. The molecule has 1 aromatic carbocycles. The number of carbonyl (C=O) groups excluding carboxylic acids is 1. The predicted octanol–water partition coefficient (Wildman–Crippen LogP) is 2.24. The third-order valence-electron chi connectivity index (χ3n) is 4.94. The number of aliphatic carboxylic acids is 2. The third-order valence-corrected chi connectivity index (χ3v) is 4.94. The van der Waals surface area contributed by atoms with Crippen LogP contribution in [0.4, 0.5) is 18.0 Å². The molecule has 0 aliphatic carbocycles. The number of carboxylic acids is 2. The van der Waals surface area contributed by atoms with Crippen LogP contribution in [0.5, 0.6) is 5.75 Å². The van der Waals surface area contributed by atoms with Gasteiger partial charge in [0, 0.05) is 31.8 Å². The highest BCUT2D eigenvalue weighted by molar-refractivity contribution is 5.89. The number of hydrogen-bond donors (Lipinski definition) is 2. The standard InChI is InChI=1S/C17H22F3N3O2.C4H4O4/c1-21-6-3-7-22(9-8-21)16(24)23-11-15(12-23)25-14-5-2-4-13(10-14)17(18,19)20;5-3(6)1-2-4(7)8/h2,4-5,10,15H,3,6-9,11-12H2,1H3;1-2H,(H,5,6)(H,7,8). The first kappa shape index (κ1) is 26.0. The minimum Gasteiger partial charge on any atom is -0.487 e. The van der Waals surface area contributed by atoms with Crippen molar-refractivity contribution in [3.05, 3.63) is 42.0 Å². The van der Waals surface area contributed by atoms with Gasteiger partial charge in [-0.25, -0.2) is 14.4 Å². The molecule has 2 aliphatic heterocycles. The number of rotatable bonds is 4. The van der Waals surface area contributed by atoms with Crippen molar-refractivity contribution in [3.63, 3.8) is 0 Å². The van der Waals surface area contributed by atoms with E-state index in [0.717, 1.165) is 38.2 Å². The Bertz CT molecular complexity index is 855. The zero-order valence-electron chi connectivity index (χ0n) is 18.0. The molecule has 0 saturated carbocycles. The quantitative estimate of drug-likeness (QED) is 0.646. The molecular weight excluding hydrogens is 447 g/mol. The van der Waals surface area contributed by atoms with E-state index < -0.39 is 23.7 Å². The molecule has 0 bridgehead atoms. The number of amides is 2. The first-order chi connectivity index (χ1) is 15.5. The molecule has 33 heavy (non-hydrogen) atoms. The molecular formula is C21H26F3N3O6. The van der Waals surface area contributed by atoms with Crippen molar-refractivity contribution >= 4 is 18.0 Å². The van der Waals surface area contributed by atoms with Crippen LogP contribution in [0.1, 0.15) is 12.0 Å². The van der Waals surface area contributed by atoms with E-state index >= 15 is 0 Å². The Labute approximate surface area is 188 Å². The molecule has 2 heterocycles. The number of likely N-dealkylation sites (tertiary alicyclic amines) is 1. The van der Waals surface area contributed by atoms with Crippen molar-refractivity contribution in [2.24, 2.45) is 0 Å². The van der Waals surface area contributed by atoms with Gasteiger partial charge in [0.05, 0.1) is 18.7 Å². The molecule has 0 atom stereocenters. The average molecular weight is 473 g/mol. The topological polar surface area (TPSA) is 111 Å². The Morgan fingerprint density at radius 1 is 1.00 bits per heavy atom.